The van der Waals surface area contributed by atoms with Crippen molar-refractivity contribution < 1.29 is 0 Å². The van der Waals surface area contributed by atoms with Gasteiger partial charge in [0.1, 0.15) is 11.3 Å². The second kappa shape index (κ2) is 6.24. The fourth-order valence-electron chi connectivity index (χ4n) is 2.67. The van der Waals surface area contributed by atoms with E-state index in [-0.39, 0.29) is 5.38 Å². The second-order valence-corrected chi connectivity index (χ2v) is 8.04. The van der Waals surface area contributed by atoms with E-state index >= 15 is 0 Å². The molecule has 0 aromatic carbocycles. The third kappa shape index (κ3) is 3.00. The molecule has 0 N–H and O–H groups in total. The van der Waals surface area contributed by atoms with Crippen molar-refractivity contribution in [1.82, 2.24) is 14.5 Å². The van der Waals surface area contributed by atoms with Gasteiger partial charge >= 0.3 is 0 Å². The third-order valence-electron chi connectivity index (χ3n) is 3.72. The molecule has 2 aromatic rings. The molecule has 0 saturated carbocycles. The Balaban J connectivity index is 1.99. The maximum absolute atomic E-state index is 6.31. The van der Waals surface area contributed by atoms with Gasteiger partial charge in [-0.05, 0) is 59.2 Å². The number of rotatable bonds is 3. The zero-order valence-electron chi connectivity index (χ0n) is 11.4. The lowest BCUT2D eigenvalue weighted by molar-refractivity contribution is 0.414. The molecule has 1 saturated heterocycles. The quantitative estimate of drug-likeness (QED) is 0.733. The lowest BCUT2D eigenvalue weighted by Gasteiger charge is -2.23. The predicted octanol–water partition coefficient (Wildman–Crippen LogP) is 4.64. The van der Waals surface area contributed by atoms with Crippen LogP contribution in [0.5, 0.6) is 0 Å². The molecule has 0 bridgehead atoms. The Bertz CT molecular complexity index is 608. The molecule has 3 heterocycles. The normalized spacial score (nSPS) is 18.6. The SMILES string of the molecule is CC(Cl)c1nc2cc(Br)cnc2n1CC1CCSCC1. The highest BCUT2D eigenvalue weighted by Crippen LogP contribution is 2.29. The van der Waals surface area contributed by atoms with Crippen molar-refractivity contribution in [2.24, 2.45) is 5.92 Å². The molecular weight excluding hydrogens is 358 g/mol. The van der Waals surface area contributed by atoms with Crippen LogP contribution in [0.3, 0.4) is 0 Å². The van der Waals surface area contributed by atoms with Gasteiger partial charge in [-0.1, -0.05) is 0 Å². The third-order valence-corrected chi connectivity index (χ3v) is 5.40. The van der Waals surface area contributed by atoms with Crippen molar-refractivity contribution >= 4 is 50.5 Å². The number of fused-ring (bicyclic) bond motifs is 1. The molecule has 0 radical (unpaired) electrons. The van der Waals surface area contributed by atoms with Crippen molar-refractivity contribution in [3.8, 4) is 0 Å². The summed E-state index contributed by atoms with van der Waals surface area (Å²) in [4.78, 5) is 9.21. The molecule has 1 atom stereocenters. The number of nitrogens with zero attached hydrogens (tertiary/aromatic N) is 3. The highest BCUT2D eigenvalue weighted by molar-refractivity contribution is 9.10. The minimum Gasteiger partial charge on any atom is -0.311 e. The summed E-state index contributed by atoms with van der Waals surface area (Å²) in [6.45, 7) is 2.96. The smallest absolute Gasteiger partial charge is 0.160 e. The standard InChI is InChI=1S/C14H17BrClN3S/c1-9(16)13-18-12-6-11(15)7-17-14(12)19(13)8-10-2-4-20-5-3-10/h6-7,9-10H,2-5,8H2,1H3. The average molecular weight is 375 g/mol. The summed E-state index contributed by atoms with van der Waals surface area (Å²) in [6.07, 6.45) is 4.38. The minimum absolute atomic E-state index is 0.0964. The maximum atomic E-state index is 6.31. The van der Waals surface area contributed by atoms with E-state index in [2.05, 4.69) is 42.2 Å². The summed E-state index contributed by atoms with van der Waals surface area (Å²) < 4.78 is 3.18. The summed E-state index contributed by atoms with van der Waals surface area (Å²) in [7, 11) is 0. The lowest BCUT2D eigenvalue weighted by Crippen LogP contribution is -2.18. The van der Waals surface area contributed by atoms with E-state index in [0.29, 0.717) is 5.92 Å². The van der Waals surface area contributed by atoms with Crippen molar-refractivity contribution in [2.75, 3.05) is 11.5 Å². The molecule has 1 fully saturated rings. The van der Waals surface area contributed by atoms with E-state index in [1.165, 1.54) is 24.3 Å². The summed E-state index contributed by atoms with van der Waals surface area (Å²) in [6, 6.07) is 2.01. The van der Waals surface area contributed by atoms with Gasteiger partial charge < -0.3 is 4.57 Å². The summed E-state index contributed by atoms with van der Waals surface area (Å²) >= 11 is 11.8. The summed E-state index contributed by atoms with van der Waals surface area (Å²) in [5, 5.41) is -0.0964. The van der Waals surface area contributed by atoms with Gasteiger partial charge in [0.2, 0.25) is 0 Å². The molecule has 1 unspecified atom stereocenters. The highest BCUT2D eigenvalue weighted by Gasteiger charge is 2.21. The molecule has 3 nitrogen and oxygen atoms in total. The number of alkyl halides is 1. The number of hydrogen-bond donors (Lipinski definition) is 0. The molecule has 108 valence electrons. The van der Waals surface area contributed by atoms with Crippen LogP contribution in [0.25, 0.3) is 11.2 Å². The van der Waals surface area contributed by atoms with Crippen molar-refractivity contribution in [1.29, 1.82) is 0 Å². The Morgan fingerprint density at radius 2 is 2.25 bits per heavy atom. The molecule has 1 aliphatic heterocycles. The number of aromatic nitrogens is 3. The minimum atomic E-state index is -0.0964. The zero-order chi connectivity index (χ0) is 14.1. The Labute approximate surface area is 136 Å². The van der Waals surface area contributed by atoms with Gasteiger partial charge in [0.25, 0.3) is 0 Å². The van der Waals surface area contributed by atoms with E-state index in [1.807, 2.05) is 19.2 Å². The fraction of sp³-hybridized carbons (Fsp3) is 0.571. The molecule has 6 heteroatoms. The first-order valence-corrected chi connectivity index (χ1v) is 9.27. The van der Waals surface area contributed by atoms with Gasteiger partial charge in [0, 0.05) is 17.2 Å². The van der Waals surface area contributed by atoms with Crippen molar-refractivity contribution in [3.05, 3.63) is 22.6 Å². The fourth-order valence-corrected chi connectivity index (χ4v) is 4.36. The first kappa shape index (κ1) is 14.7. The summed E-state index contributed by atoms with van der Waals surface area (Å²) in [5.74, 6) is 4.18. The average Bonchev–Trinajstić information content (AvgIpc) is 2.78. The molecule has 0 spiro atoms. The molecule has 3 rings (SSSR count). The van der Waals surface area contributed by atoms with Crippen LogP contribution in [0.4, 0.5) is 0 Å². The molecule has 1 aliphatic rings. The first-order valence-electron chi connectivity index (χ1n) is 6.88. The lowest BCUT2D eigenvalue weighted by atomic mass is 10.0. The van der Waals surface area contributed by atoms with E-state index in [9.17, 15) is 0 Å². The molecular formula is C14H17BrClN3S. The van der Waals surface area contributed by atoms with Gasteiger partial charge in [-0.3, -0.25) is 0 Å². The van der Waals surface area contributed by atoms with Crippen molar-refractivity contribution in [2.45, 2.75) is 31.7 Å². The Morgan fingerprint density at radius 1 is 1.50 bits per heavy atom. The van der Waals surface area contributed by atoms with Gasteiger partial charge in [-0.25, -0.2) is 9.97 Å². The molecule has 20 heavy (non-hydrogen) atoms. The Morgan fingerprint density at radius 3 is 2.95 bits per heavy atom. The van der Waals surface area contributed by atoms with E-state index in [4.69, 9.17) is 11.6 Å². The van der Waals surface area contributed by atoms with Crippen LogP contribution in [0, 0.1) is 5.92 Å². The van der Waals surface area contributed by atoms with Crippen molar-refractivity contribution in [3.63, 3.8) is 0 Å². The van der Waals surface area contributed by atoms with Crippen LogP contribution in [0.2, 0.25) is 0 Å². The van der Waals surface area contributed by atoms with Crippen LogP contribution in [-0.4, -0.2) is 26.0 Å². The number of hydrogen-bond acceptors (Lipinski definition) is 3. The number of thioether (sulfide) groups is 1. The van der Waals surface area contributed by atoms with Crippen LogP contribution >= 0.6 is 39.3 Å². The van der Waals surface area contributed by atoms with Crippen LogP contribution in [0.1, 0.15) is 31.0 Å². The molecule has 0 aliphatic carbocycles. The number of pyridine rings is 1. The predicted molar refractivity (Wildman–Crippen MR) is 89.5 cm³/mol. The van der Waals surface area contributed by atoms with E-state index in [1.54, 1.807) is 0 Å². The topological polar surface area (TPSA) is 30.7 Å². The van der Waals surface area contributed by atoms with Crippen LogP contribution < -0.4 is 0 Å². The Hall–Kier alpha value is -0.260. The van der Waals surface area contributed by atoms with E-state index < -0.39 is 0 Å². The number of imidazole rings is 1. The zero-order valence-corrected chi connectivity index (χ0v) is 14.5. The van der Waals surface area contributed by atoms with Gasteiger partial charge in [-0.2, -0.15) is 11.8 Å². The monoisotopic (exact) mass is 373 g/mol. The van der Waals surface area contributed by atoms with Gasteiger partial charge in [-0.15, -0.1) is 11.6 Å². The highest BCUT2D eigenvalue weighted by atomic mass is 79.9. The molecule has 2 aromatic heterocycles. The first-order chi connectivity index (χ1) is 9.65. The van der Waals surface area contributed by atoms with Gasteiger partial charge in [0.05, 0.1) is 5.38 Å². The number of halogens is 2. The molecule has 0 amide bonds. The van der Waals surface area contributed by atoms with Crippen LogP contribution in [0.15, 0.2) is 16.7 Å². The largest absolute Gasteiger partial charge is 0.311 e. The maximum Gasteiger partial charge on any atom is 0.160 e. The van der Waals surface area contributed by atoms with E-state index in [0.717, 1.165) is 28.0 Å². The van der Waals surface area contributed by atoms with Crippen LogP contribution in [-0.2, 0) is 6.54 Å². The Kier molecular flexibility index (Phi) is 4.58. The summed E-state index contributed by atoms with van der Waals surface area (Å²) in [5.41, 5.74) is 1.88. The van der Waals surface area contributed by atoms with Gasteiger partial charge in [0.15, 0.2) is 5.65 Å². The second-order valence-electron chi connectivity index (χ2n) is 5.25.